The average molecular weight is 293 g/mol. The first-order valence-corrected chi connectivity index (χ1v) is 7.03. The summed E-state index contributed by atoms with van der Waals surface area (Å²) in [5.41, 5.74) is 2.44. The Labute approximate surface area is 128 Å². The smallest absolute Gasteiger partial charge is 0.226 e. The van der Waals surface area contributed by atoms with Gasteiger partial charge in [-0.25, -0.2) is 4.98 Å². The summed E-state index contributed by atoms with van der Waals surface area (Å²) in [6, 6.07) is 16.8. The normalized spacial score (nSPS) is 10.4. The van der Waals surface area contributed by atoms with Gasteiger partial charge in [0, 0.05) is 17.5 Å². The molecule has 0 aliphatic rings. The molecule has 0 N–H and O–H groups in total. The summed E-state index contributed by atoms with van der Waals surface area (Å²) < 4.78 is 11.1. The number of ether oxygens (including phenoxy) is 1. The van der Waals surface area contributed by atoms with Gasteiger partial charge in [-0.3, -0.25) is 4.79 Å². The molecule has 1 aromatic heterocycles. The molecule has 0 amide bonds. The number of benzene rings is 2. The van der Waals surface area contributed by atoms with E-state index in [-0.39, 0.29) is 0 Å². The molecule has 0 aliphatic carbocycles. The molecule has 3 aromatic rings. The van der Waals surface area contributed by atoms with Crippen LogP contribution in [0.1, 0.15) is 16.1 Å². The maximum atomic E-state index is 10.6. The Balaban J connectivity index is 1.55. The summed E-state index contributed by atoms with van der Waals surface area (Å²) in [6.07, 6.45) is 3.12. The Morgan fingerprint density at radius 2 is 1.82 bits per heavy atom. The highest BCUT2D eigenvalue weighted by molar-refractivity contribution is 5.74. The van der Waals surface area contributed by atoms with E-state index in [1.807, 2.05) is 30.3 Å². The van der Waals surface area contributed by atoms with Gasteiger partial charge in [-0.05, 0) is 36.4 Å². The number of carbonyl (C=O) groups excluding carboxylic acids is 1. The lowest BCUT2D eigenvalue weighted by molar-refractivity contribution is 0.112. The van der Waals surface area contributed by atoms with Crippen molar-refractivity contribution in [3.05, 3.63) is 72.1 Å². The Hall–Kier alpha value is -2.88. The average Bonchev–Trinajstić information content (AvgIpc) is 3.05. The predicted molar refractivity (Wildman–Crippen MR) is 83.0 cm³/mol. The summed E-state index contributed by atoms with van der Waals surface area (Å²) in [5, 5.41) is 0. The fourth-order valence-corrected chi connectivity index (χ4v) is 2.05. The fourth-order valence-electron chi connectivity index (χ4n) is 2.05. The van der Waals surface area contributed by atoms with E-state index in [0.29, 0.717) is 24.5 Å². The van der Waals surface area contributed by atoms with Gasteiger partial charge >= 0.3 is 0 Å². The molecule has 0 radical (unpaired) electrons. The molecule has 0 atom stereocenters. The Morgan fingerprint density at radius 3 is 2.55 bits per heavy atom. The lowest BCUT2D eigenvalue weighted by atomic mass is 10.2. The van der Waals surface area contributed by atoms with Crippen LogP contribution in [0.15, 0.2) is 65.3 Å². The Bertz CT molecular complexity index is 733. The van der Waals surface area contributed by atoms with Gasteiger partial charge in [-0.1, -0.05) is 18.2 Å². The highest BCUT2D eigenvalue weighted by atomic mass is 16.5. The molecule has 2 aromatic carbocycles. The van der Waals surface area contributed by atoms with Gasteiger partial charge in [0.15, 0.2) is 0 Å². The van der Waals surface area contributed by atoms with Gasteiger partial charge in [0.1, 0.15) is 18.3 Å². The zero-order valence-electron chi connectivity index (χ0n) is 11.9. The first-order valence-electron chi connectivity index (χ1n) is 7.03. The minimum atomic E-state index is 0.501. The maximum Gasteiger partial charge on any atom is 0.226 e. The van der Waals surface area contributed by atoms with Crippen molar-refractivity contribution < 1.29 is 13.9 Å². The van der Waals surface area contributed by atoms with Crippen LogP contribution in [0.2, 0.25) is 0 Å². The van der Waals surface area contributed by atoms with Crippen LogP contribution in [0.5, 0.6) is 5.75 Å². The molecule has 4 heteroatoms. The molecular weight excluding hydrogens is 278 g/mol. The monoisotopic (exact) mass is 293 g/mol. The van der Waals surface area contributed by atoms with Crippen molar-refractivity contribution in [3.8, 4) is 17.2 Å². The number of carbonyl (C=O) groups is 1. The van der Waals surface area contributed by atoms with Crippen LogP contribution in [-0.2, 0) is 6.42 Å². The fraction of sp³-hybridized carbons (Fsp3) is 0.111. The highest BCUT2D eigenvalue weighted by Crippen LogP contribution is 2.18. The molecule has 0 unspecified atom stereocenters. The molecule has 4 nitrogen and oxygen atoms in total. The number of rotatable bonds is 6. The number of hydrogen-bond donors (Lipinski definition) is 0. The zero-order chi connectivity index (χ0) is 15.2. The summed E-state index contributed by atoms with van der Waals surface area (Å²) in [6.45, 7) is 0.501. The second-order valence-corrected chi connectivity index (χ2v) is 4.80. The number of aldehydes is 1. The lowest BCUT2D eigenvalue weighted by Gasteiger charge is -2.04. The second kappa shape index (κ2) is 6.72. The molecule has 1 heterocycles. The second-order valence-electron chi connectivity index (χ2n) is 4.80. The van der Waals surface area contributed by atoms with Gasteiger partial charge in [-0.15, -0.1) is 0 Å². The van der Waals surface area contributed by atoms with Crippen molar-refractivity contribution in [1.29, 1.82) is 0 Å². The number of oxazole rings is 1. The molecule has 0 bridgehead atoms. The number of aromatic nitrogens is 1. The lowest BCUT2D eigenvalue weighted by Crippen LogP contribution is -2.01. The van der Waals surface area contributed by atoms with Gasteiger partial charge in [0.05, 0.1) is 12.3 Å². The Kier molecular flexibility index (Phi) is 4.30. The largest absolute Gasteiger partial charge is 0.493 e. The summed E-state index contributed by atoms with van der Waals surface area (Å²) in [5.74, 6) is 1.35. The highest BCUT2D eigenvalue weighted by Gasteiger charge is 2.06. The molecule has 0 aliphatic heterocycles. The van der Waals surface area contributed by atoms with Crippen LogP contribution in [0.4, 0.5) is 0 Å². The molecule has 110 valence electrons. The molecule has 3 rings (SSSR count). The molecule has 0 fully saturated rings. The van der Waals surface area contributed by atoms with Crippen molar-refractivity contribution in [3.63, 3.8) is 0 Å². The predicted octanol–water partition coefficient (Wildman–Crippen LogP) is 3.78. The summed E-state index contributed by atoms with van der Waals surface area (Å²) in [4.78, 5) is 15.0. The Morgan fingerprint density at radius 1 is 1.05 bits per heavy atom. The first-order chi connectivity index (χ1) is 10.8. The van der Waals surface area contributed by atoms with E-state index in [4.69, 9.17) is 9.15 Å². The molecule has 0 saturated carbocycles. The third-order valence-electron chi connectivity index (χ3n) is 3.22. The van der Waals surface area contributed by atoms with Crippen LogP contribution in [0.3, 0.4) is 0 Å². The van der Waals surface area contributed by atoms with E-state index in [2.05, 4.69) is 4.98 Å². The van der Waals surface area contributed by atoms with Crippen LogP contribution in [-0.4, -0.2) is 17.9 Å². The van der Waals surface area contributed by atoms with Crippen molar-refractivity contribution in [2.45, 2.75) is 6.42 Å². The van der Waals surface area contributed by atoms with Crippen molar-refractivity contribution in [2.75, 3.05) is 6.61 Å². The van der Waals surface area contributed by atoms with Crippen LogP contribution >= 0.6 is 0 Å². The molecule has 0 spiro atoms. The van der Waals surface area contributed by atoms with Gasteiger partial charge < -0.3 is 9.15 Å². The number of nitrogens with zero attached hydrogens (tertiary/aromatic N) is 1. The summed E-state index contributed by atoms with van der Waals surface area (Å²) >= 11 is 0. The van der Waals surface area contributed by atoms with E-state index in [1.54, 1.807) is 30.5 Å². The SMILES string of the molecule is O=Cc1ccc(OCCc2coc(-c3ccccc3)n2)cc1. The van der Waals surface area contributed by atoms with Gasteiger partial charge in [0.25, 0.3) is 0 Å². The van der Waals surface area contributed by atoms with E-state index < -0.39 is 0 Å². The molecule has 22 heavy (non-hydrogen) atoms. The zero-order valence-corrected chi connectivity index (χ0v) is 11.9. The van der Waals surface area contributed by atoms with E-state index in [9.17, 15) is 4.79 Å². The third-order valence-corrected chi connectivity index (χ3v) is 3.22. The minimum Gasteiger partial charge on any atom is -0.493 e. The topological polar surface area (TPSA) is 52.3 Å². The standard InChI is InChI=1S/C18H15NO3/c20-12-14-6-8-17(9-7-14)21-11-10-16-13-22-18(19-16)15-4-2-1-3-5-15/h1-9,12-13H,10-11H2. The van der Waals surface area contributed by atoms with Crippen molar-refractivity contribution in [2.24, 2.45) is 0 Å². The van der Waals surface area contributed by atoms with Crippen molar-refractivity contribution >= 4 is 6.29 Å². The van der Waals surface area contributed by atoms with Crippen LogP contribution in [0, 0.1) is 0 Å². The maximum absolute atomic E-state index is 10.6. The quantitative estimate of drug-likeness (QED) is 0.649. The number of hydrogen-bond acceptors (Lipinski definition) is 4. The van der Waals surface area contributed by atoms with E-state index >= 15 is 0 Å². The van der Waals surface area contributed by atoms with E-state index in [0.717, 1.165) is 23.3 Å². The van der Waals surface area contributed by atoms with Gasteiger partial charge in [-0.2, -0.15) is 0 Å². The van der Waals surface area contributed by atoms with Crippen LogP contribution in [0.25, 0.3) is 11.5 Å². The third kappa shape index (κ3) is 3.41. The minimum absolute atomic E-state index is 0.501. The first kappa shape index (κ1) is 14.1. The van der Waals surface area contributed by atoms with Crippen molar-refractivity contribution in [1.82, 2.24) is 4.98 Å². The molecular formula is C18H15NO3. The van der Waals surface area contributed by atoms with Gasteiger partial charge in [0.2, 0.25) is 5.89 Å². The van der Waals surface area contributed by atoms with Crippen LogP contribution < -0.4 is 4.74 Å². The summed E-state index contributed by atoms with van der Waals surface area (Å²) in [7, 11) is 0. The van der Waals surface area contributed by atoms with E-state index in [1.165, 1.54) is 0 Å². The molecule has 0 saturated heterocycles.